The van der Waals surface area contributed by atoms with Gasteiger partial charge in [-0.15, -0.1) is 0 Å². The van der Waals surface area contributed by atoms with Crippen molar-refractivity contribution < 1.29 is 14.3 Å². The quantitative estimate of drug-likeness (QED) is 0.117. The van der Waals surface area contributed by atoms with Crippen LogP contribution in [0.5, 0.6) is 0 Å². The third-order valence-corrected chi connectivity index (χ3v) is 5.79. The van der Waals surface area contributed by atoms with E-state index >= 15 is 0 Å². The fourth-order valence-electron chi connectivity index (χ4n) is 3.70. The lowest BCUT2D eigenvalue weighted by molar-refractivity contribution is -0.111. The number of unbranched alkanes of at least 4 members (excludes halogenated alkanes) is 15. The third-order valence-electron chi connectivity index (χ3n) is 5.79. The highest BCUT2D eigenvalue weighted by molar-refractivity contribution is 6.03. The van der Waals surface area contributed by atoms with Gasteiger partial charge in [-0.05, 0) is 18.1 Å². The van der Waals surface area contributed by atoms with Crippen molar-refractivity contribution in [2.75, 3.05) is 20.3 Å². The summed E-state index contributed by atoms with van der Waals surface area (Å²) in [4.78, 5) is 11.5. The Bertz CT molecular complexity index is 416. The molecule has 0 aromatic heterocycles. The third kappa shape index (κ3) is 19.1. The largest absolute Gasteiger partial charge is 0.379 e. The smallest absolute Gasteiger partial charge is 0.180 e. The minimum Gasteiger partial charge on any atom is -0.379 e. The predicted octanol–water partition coefficient (Wildman–Crippen LogP) is 7.98. The van der Waals surface area contributed by atoms with Gasteiger partial charge in [0.05, 0.1) is 12.7 Å². The highest BCUT2D eigenvalue weighted by Gasteiger charge is 2.12. The average molecular weight is 423 g/mol. The van der Waals surface area contributed by atoms with E-state index in [1.54, 1.807) is 7.11 Å². The van der Waals surface area contributed by atoms with Crippen LogP contribution in [0.2, 0.25) is 0 Å². The van der Waals surface area contributed by atoms with E-state index in [9.17, 15) is 4.79 Å². The summed E-state index contributed by atoms with van der Waals surface area (Å²) in [6.45, 7) is 10.8. The van der Waals surface area contributed by atoms with Gasteiger partial charge in [0.1, 0.15) is 0 Å². The van der Waals surface area contributed by atoms with Gasteiger partial charge in [0.15, 0.2) is 5.78 Å². The SMILES string of the molecule is C=CC(=O)C(=C)C[C@@H](COCCCCCCCCCCCCCCCCCC)OC. The normalized spacial score (nSPS) is 12.1. The highest BCUT2D eigenvalue weighted by Crippen LogP contribution is 2.14. The van der Waals surface area contributed by atoms with Gasteiger partial charge in [-0.25, -0.2) is 0 Å². The van der Waals surface area contributed by atoms with Gasteiger partial charge in [-0.3, -0.25) is 4.79 Å². The van der Waals surface area contributed by atoms with E-state index in [0.29, 0.717) is 18.6 Å². The van der Waals surface area contributed by atoms with Crippen LogP contribution in [0.1, 0.15) is 116 Å². The molecular weight excluding hydrogens is 372 g/mol. The maximum absolute atomic E-state index is 11.5. The second kappa shape index (κ2) is 22.7. The second-order valence-corrected chi connectivity index (χ2v) is 8.61. The zero-order chi connectivity index (χ0) is 22.3. The van der Waals surface area contributed by atoms with Gasteiger partial charge < -0.3 is 9.47 Å². The Morgan fingerprint density at radius 3 is 1.63 bits per heavy atom. The molecule has 0 bridgehead atoms. The van der Waals surface area contributed by atoms with Crippen molar-refractivity contribution >= 4 is 5.78 Å². The lowest BCUT2D eigenvalue weighted by Crippen LogP contribution is -2.20. The molecule has 0 aromatic carbocycles. The van der Waals surface area contributed by atoms with E-state index in [-0.39, 0.29) is 11.9 Å². The maximum Gasteiger partial charge on any atom is 0.180 e. The summed E-state index contributed by atoms with van der Waals surface area (Å²) < 4.78 is 11.1. The summed E-state index contributed by atoms with van der Waals surface area (Å²) >= 11 is 0. The lowest BCUT2D eigenvalue weighted by atomic mass is 10.0. The van der Waals surface area contributed by atoms with E-state index in [1.807, 2.05) is 0 Å². The molecule has 0 saturated carbocycles. The Morgan fingerprint density at radius 2 is 1.23 bits per heavy atom. The van der Waals surface area contributed by atoms with Crippen molar-refractivity contribution in [3.63, 3.8) is 0 Å². The molecule has 0 spiro atoms. The number of carbonyl (C=O) groups excluding carboxylic acids is 1. The molecule has 3 nitrogen and oxygen atoms in total. The molecule has 0 fully saturated rings. The fourth-order valence-corrected chi connectivity index (χ4v) is 3.70. The number of hydrogen-bond acceptors (Lipinski definition) is 3. The number of carbonyl (C=O) groups is 1. The van der Waals surface area contributed by atoms with E-state index in [0.717, 1.165) is 13.0 Å². The van der Waals surface area contributed by atoms with Crippen LogP contribution < -0.4 is 0 Å². The number of methoxy groups -OCH3 is 1. The zero-order valence-electron chi connectivity index (χ0n) is 20.2. The molecular formula is C27H50O3. The molecule has 0 aliphatic heterocycles. The molecule has 1 atom stereocenters. The minimum absolute atomic E-state index is 0.109. The first-order valence-electron chi connectivity index (χ1n) is 12.6. The molecule has 0 unspecified atom stereocenters. The van der Waals surface area contributed by atoms with E-state index in [2.05, 4.69) is 20.1 Å². The average Bonchev–Trinajstić information content (AvgIpc) is 2.76. The molecule has 0 aliphatic rings. The number of hydrogen-bond donors (Lipinski definition) is 0. The van der Waals surface area contributed by atoms with Crippen LogP contribution in [0, 0.1) is 0 Å². The first-order valence-corrected chi connectivity index (χ1v) is 12.6. The van der Waals surface area contributed by atoms with Crippen molar-refractivity contribution in [2.24, 2.45) is 0 Å². The molecule has 30 heavy (non-hydrogen) atoms. The Morgan fingerprint density at radius 1 is 0.800 bits per heavy atom. The first-order chi connectivity index (χ1) is 14.7. The lowest BCUT2D eigenvalue weighted by Gasteiger charge is -2.16. The van der Waals surface area contributed by atoms with Crippen LogP contribution in [0.15, 0.2) is 24.8 Å². The molecule has 0 radical (unpaired) electrons. The van der Waals surface area contributed by atoms with Crippen molar-refractivity contribution in [2.45, 2.75) is 122 Å². The molecule has 0 aromatic rings. The van der Waals surface area contributed by atoms with Crippen molar-refractivity contribution in [3.8, 4) is 0 Å². The van der Waals surface area contributed by atoms with Gasteiger partial charge >= 0.3 is 0 Å². The van der Waals surface area contributed by atoms with Gasteiger partial charge in [-0.2, -0.15) is 0 Å². The number of ether oxygens (including phenoxy) is 2. The summed E-state index contributed by atoms with van der Waals surface area (Å²) in [6.07, 6.45) is 23.7. The van der Waals surface area contributed by atoms with Gasteiger partial charge in [0, 0.05) is 20.1 Å². The van der Waals surface area contributed by atoms with Crippen LogP contribution in [0.25, 0.3) is 0 Å². The molecule has 0 heterocycles. The number of allylic oxidation sites excluding steroid dienone is 1. The van der Waals surface area contributed by atoms with Crippen LogP contribution in [-0.4, -0.2) is 32.2 Å². The van der Waals surface area contributed by atoms with E-state index in [1.165, 1.54) is 102 Å². The van der Waals surface area contributed by atoms with E-state index in [4.69, 9.17) is 9.47 Å². The molecule has 0 aliphatic carbocycles. The Balaban J connectivity index is 3.31. The summed E-state index contributed by atoms with van der Waals surface area (Å²) in [7, 11) is 1.65. The second-order valence-electron chi connectivity index (χ2n) is 8.61. The van der Waals surface area contributed by atoms with Crippen LogP contribution in [0.3, 0.4) is 0 Å². The maximum atomic E-state index is 11.5. The Kier molecular flexibility index (Phi) is 22.0. The van der Waals surface area contributed by atoms with E-state index < -0.39 is 0 Å². The summed E-state index contributed by atoms with van der Waals surface area (Å²) in [5, 5.41) is 0. The van der Waals surface area contributed by atoms with Gasteiger partial charge in [0.2, 0.25) is 0 Å². The van der Waals surface area contributed by atoms with Crippen molar-refractivity contribution in [1.82, 2.24) is 0 Å². The van der Waals surface area contributed by atoms with Crippen LogP contribution in [0.4, 0.5) is 0 Å². The topological polar surface area (TPSA) is 35.5 Å². The molecule has 0 N–H and O–H groups in total. The summed E-state index contributed by atoms with van der Waals surface area (Å²) in [5.74, 6) is -0.116. The molecule has 0 saturated heterocycles. The molecule has 176 valence electrons. The first kappa shape index (κ1) is 29.1. The number of rotatable bonds is 24. The fraction of sp³-hybridized carbons (Fsp3) is 0.815. The standard InChI is InChI=1S/C27H50O3/c1-5-7-8-9-10-11-12-13-14-15-16-17-18-19-20-21-22-30-24-26(29-4)23-25(3)27(28)6-2/h6,26H,2-3,5,7-24H2,1,4H3/t26-/m0/s1. The number of ketones is 1. The Labute approximate surface area is 187 Å². The monoisotopic (exact) mass is 422 g/mol. The molecule has 3 heteroatoms. The predicted molar refractivity (Wildman–Crippen MR) is 130 cm³/mol. The zero-order valence-corrected chi connectivity index (χ0v) is 20.2. The molecule has 0 amide bonds. The minimum atomic E-state index is -0.116. The van der Waals surface area contributed by atoms with Crippen molar-refractivity contribution in [3.05, 3.63) is 24.8 Å². The van der Waals surface area contributed by atoms with Crippen LogP contribution in [-0.2, 0) is 14.3 Å². The Hall–Kier alpha value is -0.930. The highest BCUT2D eigenvalue weighted by atomic mass is 16.5. The van der Waals surface area contributed by atoms with Gasteiger partial charge in [0.25, 0.3) is 0 Å². The summed E-state index contributed by atoms with van der Waals surface area (Å²) in [6, 6.07) is 0. The van der Waals surface area contributed by atoms with Gasteiger partial charge in [-0.1, -0.05) is 116 Å². The summed E-state index contributed by atoms with van der Waals surface area (Å²) in [5.41, 5.74) is 0.530. The van der Waals surface area contributed by atoms with Crippen LogP contribution >= 0.6 is 0 Å². The van der Waals surface area contributed by atoms with Crippen molar-refractivity contribution in [1.29, 1.82) is 0 Å². The molecule has 0 rings (SSSR count).